The van der Waals surface area contributed by atoms with Crippen molar-refractivity contribution in [1.82, 2.24) is 9.55 Å². The van der Waals surface area contributed by atoms with Crippen LogP contribution in [0.1, 0.15) is 12.7 Å². The highest BCUT2D eigenvalue weighted by molar-refractivity contribution is 7.90. The van der Waals surface area contributed by atoms with E-state index in [0.29, 0.717) is 28.3 Å². The molecule has 0 radical (unpaired) electrons. The number of carbonyl (C=O) groups is 1. The number of ketones is 1. The van der Waals surface area contributed by atoms with Crippen molar-refractivity contribution < 1.29 is 17.6 Å². The van der Waals surface area contributed by atoms with Crippen LogP contribution in [0, 0.1) is 5.82 Å². The van der Waals surface area contributed by atoms with Crippen LogP contribution >= 0.6 is 0 Å². The largest absolute Gasteiger partial charge is 0.299 e. The summed E-state index contributed by atoms with van der Waals surface area (Å²) in [5, 5.41) is 0. The Bertz CT molecular complexity index is 1220. The lowest BCUT2D eigenvalue weighted by atomic mass is 10.0. The van der Waals surface area contributed by atoms with Crippen LogP contribution in [0.15, 0.2) is 66.6 Å². The Kier molecular flexibility index (Phi) is 5.35. The second kappa shape index (κ2) is 7.60. The van der Waals surface area contributed by atoms with Crippen molar-refractivity contribution >= 4 is 27.4 Å². The maximum Gasteiger partial charge on any atom is 0.175 e. The molecule has 148 valence electrons. The molecule has 0 saturated carbocycles. The summed E-state index contributed by atoms with van der Waals surface area (Å²) in [5.41, 5.74) is 2.57. The van der Waals surface area contributed by atoms with Crippen molar-refractivity contribution in [2.75, 3.05) is 6.26 Å². The van der Waals surface area contributed by atoms with Crippen LogP contribution in [0.3, 0.4) is 0 Å². The van der Waals surface area contributed by atoms with Gasteiger partial charge in [0.05, 0.1) is 21.9 Å². The fraction of sp³-hybridized carbons (Fsp3) is 0.0909. The zero-order chi connectivity index (χ0) is 21.3. The molecule has 0 unspecified atom stereocenters. The lowest BCUT2D eigenvalue weighted by Gasteiger charge is -2.09. The van der Waals surface area contributed by atoms with Crippen molar-refractivity contribution in [1.29, 1.82) is 0 Å². The molecule has 7 heteroatoms. The number of allylic oxidation sites excluding steroid dienone is 1. The first kappa shape index (κ1) is 20.4. The van der Waals surface area contributed by atoms with Gasteiger partial charge in [-0.2, -0.15) is 0 Å². The van der Waals surface area contributed by atoms with Crippen LogP contribution in [0.2, 0.25) is 0 Å². The normalized spacial score (nSPS) is 11.3. The molecule has 1 heterocycles. The Labute approximate surface area is 168 Å². The molecular formula is C22H19FN2O3S. The lowest BCUT2D eigenvalue weighted by Crippen LogP contribution is -2.02. The van der Waals surface area contributed by atoms with Crippen molar-refractivity contribution in [3.8, 4) is 22.5 Å². The van der Waals surface area contributed by atoms with E-state index in [9.17, 15) is 17.6 Å². The molecule has 0 amide bonds. The Balaban J connectivity index is 2.30. The van der Waals surface area contributed by atoms with E-state index in [4.69, 9.17) is 0 Å². The van der Waals surface area contributed by atoms with Gasteiger partial charge in [-0.25, -0.2) is 17.8 Å². The molecule has 0 aliphatic carbocycles. The molecule has 0 aliphatic rings. The first-order chi connectivity index (χ1) is 13.6. The monoisotopic (exact) mass is 410 g/mol. The van der Waals surface area contributed by atoms with Crippen molar-refractivity contribution in [3.05, 3.63) is 73.3 Å². The molecule has 0 aliphatic heterocycles. The fourth-order valence-electron chi connectivity index (χ4n) is 2.93. The zero-order valence-corrected chi connectivity index (χ0v) is 16.8. The molecule has 3 rings (SSSR count). The predicted octanol–water partition coefficient (Wildman–Crippen LogP) is 4.46. The van der Waals surface area contributed by atoms with Gasteiger partial charge in [0.15, 0.2) is 15.6 Å². The lowest BCUT2D eigenvalue weighted by molar-refractivity contribution is -0.111. The summed E-state index contributed by atoms with van der Waals surface area (Å²) in [6, 6.07) is 12.1. The Morgan fingerprint density at radius 1 is 1.07 bits per heavy atom. The second-order valence-electron chi connectivity index (χ2n) is 6.52. The molecule has 1 aromatic heterocycles. The smallest absolute Gasteiger partial charge is 0.175 e. The third-order valence-corrected chi connectivity index (χ3v) is 5.59. The minimum atomic E-state index is -3.34. The van der Waals surface area contributed by atoms with Gasteiger partial charge in [0.25, 0.3) is 0 Å². The highest BCUT2D eigenvalue weighted by Crippen LogP contribution is 2.35. The molecule has 0 spiro atoms. The van der Waals surface area contributed by atoms with Gasteiger partial charge in [0.2, 0.25) is 0 Å². The topological polar surface area (TPSA) is 69.0 Å². The van der Waals surface area contributed by atoms with Crippen LogP contribution < -0.4 is 0 Å². The number of carbonyl (C=O) groups excluding carboxylic acids is 1. The summed E-state index contributed by atoms with van der Waals surface area (Å²) in [7, 11) is -3.34. The number of rotatable bonds is 6. The molecule has 29 heavy (non-hydrogen) atoms. The van der Waals surface area contributed by atoms with Crippen LogP contribution in [0.4, 0.5) is 4.39 Å². The van der Waals surface area contributed by atoms with E-state index in [0.717, 1.165) is 6.26 Å². The van der Waals surface area contributed by atoms with E-state index in [1.165, 1.54) is 37.4 Å². The highest BCUT2D eigenvalue weighted by Gasteiger charge is 2.22. The van der Waals surface area contributed by atoms with E-state index < -0.39 is 9.84 Å². The number of benzene rings is 2. The van der Waals surface area contributed by atoms with Gasteiger partial charge in [0.1, 0.15) is 11.6 Å². The average Bonchev–Trinajstić information content (AvgIpc) is 3.06. The molecule has 0 saturated heterocycles. The number of Topliss-reactive ketones (excluding diaryl/α,β-unsaturated/α-hetero) is 1. The minimum absolute atomic E-state index is 0.182. The number of hydrogen-bond donors (Lipinski definition) is 0. The molecule has 3 aromatic rings. The molecular weight excluding hydrogens is 391 g/mol. The number of aromatic nitrogens is 2. The van der Waals surface area contributed by atoms with E-state index in [1.807, 2.05) is 0 Å². The standard InChI is InChI=1S/C22H19FN2O3S/c1-5-25-21(17-6-10-18(23)11-7-17)20(24-22(25)14(2)15(3)26)16-8-12-19(13-9-16)29(4,27)28/h5-13H,1-2H2,3-4H3. The van der Waals surface area contributed by atoms with Gasteiger partial charge in [-0.05, 0) is 43.3 Å². The molecule has 0 bridgehead atoms. The summed E-state index contributed by atoms with van der Waals surface area (Å²) in [6.45, 7) is 9.01. The van der Waals surface area contributed by atoms with E-state index in [2.05, 4.69) is 18.1 Å². The van der Waals surface area contributed by atoms with Gasteiger partial charge in [-0.3, -0.25) is 9.36 Å². The molecule has 2 aromatic carbocycles. The number of hydrogen-bond acceptors (Lipinski definition) is 4. The molecule has 0 N–H and O–H groups in total. The maximum atomic E-state index is 13.4. The number of sulfone groups is 1. The Hall–Kier alpha value is -3.32. The zero-order valence-electron chi connectivity index (χ0n) is 16.0. The van der Waals surface area contributed by atoms with E-state index >= 15 is 0 Å². The number of halogens is 1. The summed E-state index contributed by atoms with van der Waals surface area (Å²) >= 11 is 0. The number of imidazole rings is 1. The van der Waals surface area contributed by atoms with Crippen molar-refractivity contribution in [3.63, 3.8) is 0 Å². The summed E-state index contributed by atoms with van der Waals surface area (Å²) in [4.78, 5) is 16.7. The first-order valence-electron chi connectivity index (χ1n) is 8.65. The van der Waals surface area contributed by atoms with Crippen LogP contribution in [0.25, 0.3) is 34.3 Å². The summed E-state index contributed by atoms with van der Waals surface area (Å²) < 4.78 is 38.6. The fourth-order valence-corrected chi connectivity index (χ4v) is 3.56. The third kappa shape index (κ3) is 3.95. The third-order valence-electron chi connectivity index (χ3n) is 4.46. The minimum Gasteiger partial charge on any atom is -0.299 e. The second-order valence-corrected chi connectivity index (χ2v) is 8.54. The van der Waals surface area contributed by atoms with Crippen molar-refractivity contribution in [2.45, 2.75) is 11.8 Å². The van der Waals surface area contributed by atoms with E-state index in [-0.39, 0.29) is 22.1 Å². The van der Waals surface area contributed by atoms with Crippen LogP contribution in [0.5, 0.6) is 0 Å². The average molecular weight is 410 g/mol. The summed E-state index contributed by atoms with van der Waals surface area (Å²) in [6.07, 6.45) is 2.64. The Morgan fingerprint density at radius 3 is 2.10 bits per heavy atom. The van der Waals surface area contributed by atoms with Crippen LogP contribution in [-0.4, -0.2) is 30.0 Å². The quantitative estimate of drug-likeness (QED) is 0.563. The van der Waals surface area contributed by atoms with Gasteiger partial charge in [-0.1, -0.05) is 25.3 Å². The number of nitrogens with zero attached hydrogens (tertiary/aromatic N) is 2. The SMILES string of the molecule is C=Cn1c(C(=C)C(C)=O)nc(-c2ccc(S(C)(=O)=O)cc2)c1-c1ccc(F)cc1. The van der Waals surface area contributed by atoms with E-state index in [1.54, 1.807) is 28.8 Å². The van der Waals surface area contributed by atoms with Gasteiger partial charge in [-0.15, -0.1) is 0 Å². The predicted molar refractivity (Wildman–Crippen MR) is 112 cm³/mol. The van der Waals surface area contributed by atoms with Crippen LogP contribution in [-0.2, 0) is 14.6 Å². The molecule has 0 fully saturated rings. The van der Waals surface area contributed by atoms with Gasteiger partial charge in [0, 0.05) is 23.6 Å². The van der Waals surface area contributed by atoms with Gasteiger partial charge < -0.3 is 0 Å². The molecule has 0 atom stereocenters. The first-order valence-corrected chi connectivity index (χ1v) is 10.5. The van der Waals surface area contributed by atoms with Gasteiger partial charge >= 0.3 is 0 Å². The summed E-state index contributed by atoms with van der Waals surface area (Å²) in [5.74, 6) is -0.317. The Morgan fingerprint density at radius 2 is 1.62 bits per heavy atom. The highest BCUT2D eigenvalue weighted by atomic mass is 32.2. The van der Waals surface area contributed by atoms with Crippen molar-refractivity contribution in [2.24, 2.45) is 0 Å². The molecule has 5 nitrogen and oxygen atoms in total. The maximum absolute atomic E-state index is 13.4.